The summed E-state index contributed by atoms with van der Waals surface area (Å²) in [6, 6.07) is 6.14. The predicted molar refractivity (Wildman–Crippen MR) is 74.5 cm³/mol. The largest absolute Gasteiger partial charge is 0.326 e. The van der Waals surface area contributed by atoms with Crippen molar-refractivity contribution < 1.29 is 0 Å². The van der Waals surface area contributed by atoms with E-state index in [-0.39, 0.29) is 0 Å². The molecule has 18 heavy (non-hydrogen) atoms. The Kier molecular flexibility index (Phi) is 2.65. The fourth-order valence-corrected chi connectivity index (χ4v) is 2.85. The highest BCUT2D eigenvalue weighted by atomic mass is 32.1. The van der Waals surface area contributed by atoms with Crippen molar-refractivity contribution >= 4 is 22.4 Å². The summed E-state index contributed by atoms with van der Waals surface area (Å²) in [5, 5.41) is 1.06. The summed E-state index contributed by atoms with van der Waals surface area (Å²) < 4.78 is 2.10. The van der Waals surface area contributed by atoms with Gasteiger partial charge in [-0.3, -0.25) is 0 Å². The lowest BCUT2D eigenvalue weighted by Crippen LogP contribution is -1.96. The van der Waals surface area contributed by atoms with Gasteiger partial charge in [-0.05, 0) is 24.6 Å². The minimum atomic E-state index is 0.552. The van der Waals surface area contributed by atoms with E-state index in [0.29, 0.717) is 6.54 Å². The molecule has 2 heterocycles. The van der Waals surface area contributed by atoms with E-state index in [1.54, 1.807) is 11.3 Å². The van der Waals surface area contributed by atoms with Crippen molar-refractivity contribution in [3.05, 3.63) is 35.0 Å². The highest BCUT2D eigenvalue weighted by molar-refractivity contribution is 7.15. The molecule has 2 aromatic heterocycles. The molecule has 0 atom stereocenters. The number of thiazole rings is 1. The fourth-order valence-electron chi connectivity index (χ4n) is 2.05. The molecule has 92 valence electrons. The molecule has 0 fully saturated rings. The van der Waals surface area contributed by atoms with Crippen LogP contribution >= 0.6 is 11.3 Å². The standard InChI is InChI=1S/C13H14N4S/c1-8-15-7-12(18-8)13-16-10-4-3-9(6-14)5-11(10)17(13)2/h3-5,7H,6,14H2,1-2H3. The molecular weight excluding hydrogens is 244 g/mol. The van der Waals surface area contributed by atoms with E-state index in [4.69, 9.17) is 5.73 Å². The number of hydrogen-bond acceptors (Lipinski definition) is 4. The van der Waals surface area contributed by atoms with E-state index < -0.39 is 0 Å². The molecule has 0 saturated heterocycles. The molecule has 0 spiro atoms. The molecule has 5 heteroatoms. The van der Waals surface area contributed by atoms with Gasteiger partial charge >= 0.3 is 0 Å². The van der Waals surface area contributed by atoms with Crippen LogP contribution in [0, 0.1) is 6.92 Å². The Morgan fingerprint density at radius 1 is 1.39 bits per heavy atom. The zero-order chi connectivity index (χ0) is 12.7. The first-order valence-corrected chi connectivity index (χ1v) is 6.59. The van der Waals surface area contributed by atoms with Crippen molar-refractivity contribution in [1.82, 2.24) is 14.5 Å². The lowest BCUT2D eigenvalue weighted by Gasteiger charge is -2.00. The number of hydrogen-bond donors (Lipinski definition) is 1. The molecule has 0 saturated carbocycles. The second kappa shape index (κ2) is 4.19. The van der Waals surface area contributed by atoms with E-state index in [0.717, 1.165) is 32.3 Å². The Morgan fingerprint density at radius 2 is 2.22 bits per heavy atom. The zero-order valence-electron chi connectivity index (χ0n) is 10.3. The second-order valence-electron chi connectivity index (χ2n) is 4.27. The number of fused-ring (bicyclic) bond motifs is 1. The van der Waals surface area contributed by atoms with Crippen molar-refractivity contribution in [2.24, 2.45) is 12.8 Å². The number of imidazole rings is 1. The maximum Gasteiger partial charge on any atom is 0.152 e. The van der Waals surface area contributed by atoms with Crippen molar-refractivity contribution in [3.63, 3.8) is 0 Å². The Labute approximate surface area is 109 Å². The Morgan fingerprint density at radius 3 is 2.89 bits per heavy atom. The molecular formula is C13H14N4S. The molecule has 0 aliphatic heterocycles. The molecule has 4 nitrogen and oxygen atoms in total. The van der Waals surface area contributed by atoms with Crippen LogP contribution in [0.15, 0.2) is 24.4 Å². The number of aromatic nitrogens is 3. The summed E-state index contributed by atoms with van der Waals surface area (Å²) in [7, 11) is 2.03. The maximum atomic E-state index is 5.67. The molecule has 0 radical (unpaired) electrons. The summed E-state index contributed by atoms with van der Waals surface area (Å²) in [5.41, 5.74) is 8.90. The molecule has 0 bridgehead atoms. The smallest absolute Gasteiger partial charge is 0.152 e. The fraction of sp³-hybridized carbons (Fsp3) is 0.231. The minimum absolute atomic E-state index is 0.552. The molecule has 0 unspecified atom stereocenters. The maximum absolute atomic E-state index is 5.67. The van der Waals surface area contributed by atoms with Gasteiger partial charge in [0.1, 0.15) is 0 Å². The average Bonchev–Trinajstić information content (AvgIpc) is 2.94. The van der Waals surface area contributed by atoms with Crippen LogP contribution in [0.2, 0.25) is 0 Å². The van der Waals surface area contributed by atoms with Gasteiger partial charge in [0.25, 0.3) is 0 Å². The van der Waals surface area contributed by atoms with Crippen LogP contribution in [-0.4, -0.2) is 14.5 Å². The van der Waals surface area contributed by atoms with Gasteiger partial charge in [-0.2, -0.15) is 0 Å². The van der Waals surface area contributed by atoms with Crippen LogP contribution < -0.4 is 5.73 Å². The van der Waals surface area contributed by atoms with Crippen molar-refractivity contribution in [2.75, 3.05) is 0 Å². The average molecular weight is 258 g/mol. The van der Waals surface area contributed by atoms with Crippen LogP contribution in [0.4, 0.5) is 0 Å². The quantitative estimate of drug-likeness (QED) is 0.768. The number of aryl methyl sites for hydroxylation is 2. The molecule has 3 rings (SSSR count). The van der Waals surface area contributed by atoms with E-state index in [9.17, 15) is 0 Å². The first kappa shape index (κ1) is 11.4. The molecule has 1 aromatic carbocycles. The van der Waals surface area contributed by atoms with Gasteiger partial charge in [-0.25, -0.2) is 9.97 Å². The van der Waals surface area contributed by atoms with Crippen LogP contribution in [0.3, 0.4) is 0 Å². The Balaban J connectivity index is 2.22. The first-order valence-electron chi connectivity index (χ1n) is 5.77. The molecule has 0 aliphatic carbocycles. The predicted octanol–water partition coefficient (Wildman–Crippen LogP) is 2.46. The number of benzene rings is 1. The third kappa shape index (κ3) is 1.72. The number of nitrogens with zero attached hydrogens (tertiary/aromatic N) is 3. The highest BCUT2D eigenvalue weighted by Gasteiger charge is 2.12. The SMILES string of the molecule is Cc1ncc(-c2nc3ccc(CN)cc3n2C)s1. The van der Waals surface area contributed by atoms with Gasteiger partial charge in [0.05, 0.1) is 20.9 Å². The first-order chi connectivity index (χ1) is 8.69. The van der Waals surface area contributed by atoms with E-state index in [1.807, 2.05) is 32.3 Å². The van der Waals surface area contributed by atoms with Crippen LogP contribution in [0.1, 0.15) is 10.6 Å². The summed E-state index contributed by atoms with van der Waals surface area (Å²) in [5.74, 6) is 0.963. The van der Waals surface area contributed by atoms with Crippen LogP contribution in [-0.2, 0) is 13.6 Å². The normalized spacial score (nSPS) is 11.3. The number of nitrogens with two attached hydrogens (primary N) is 1. The molecule has 3 aromatic rings. The second-order valence-corrected chi connectivity index (χ2v) is 5.50. The summed E-state index contributed by atoms with van der Waals surface area (Å²) in [6.07, 6.45) is 1.88. The lowest BCUT2D eigenvalue weighted by molar-refractivity contribution is 0.959. The highest BCUT2D eigenvalue weighted by Crippen LogP contribution is 2.28. The van der Waals surface area contributed by atoms with E-state index in [1.165, 1.54) is 0 Å². The third-order valence-electron chi connectivity index (χ3n) is 3.02. The van der Waals surface area contributed by atoms with Gasteiger partial charge in [0, 0.05) is 19.8 Å². The van der Waals surface area contributed by atoms with Crippen molar-refractivity contribution in [1.29, 1.82) is 0 Å². The lowest BCUT2D eigenvalue weighted by atomic mass is 10.2. The topological polar surface area (TPSA) is 56.7 Å². The molecule has 0 amide bonds. The van der Waals surface area contributed by atoms with Gasteiger partial charge in [0.15, 0.2) is 5.82 Å². The van der Waals surface area contributed by atoms with E-state index >= 15 is 0 Å². The molecule has 0 aliphatic rings. The Bertz CT molecular complexity index is 711. The summed E-state index contributed by atoms with van der Waals surface area (Å²) in [4.78, 5) is 10.0. The van der Waals surface area contributed by atoms with Crippen molar-refractivity contribution in [3.8, 4) is 10.7 Å². The van der Waals surface area contributed by atoms with Gasteiger partial charge in [0.2, 0.25) is 0 Å². The Hall–Kier alpha value is -1.72. The van der Waals surface area contributed by atoms with E-state index in [2.05, 4.69) is 20.6 Å². The van der Waals surface area contributed by atoms with Gasteiger partial charge in [-0.15, -0.1) is 11.3 Å². The van der Waals surface area contributed by atoms with Gasteiger partial charge < -0.3 is 10.3 Å². The number of rotatable bonds is 2. The summed E-state index contributed by atoms with van der Waals surface area (Å²) in [6.45, 7) is 2.56. The van der Waals surface area contributed by atoms with Crippen molar-refractivity contribution in [2.45, 2.75) is 13.5 Å². The zero-order valence-corrected chi connectivity index (χ0v) is 11.2. The van der Waals surface area contributed by atoms with Crippen LogP contribution in [0.5, 0.6) is 0 Å². The molecule has 2 N–H and O–H groups in total. The third-order valence-corrected chi connectivity index (χ3v) is 3.93. The summed E-state index contributed by atoms with van der Waals surface area (Å²) >= 11 is 1.66. The minimum Gasteiger partial charge on any atom is -0.326 e. The van der Waals surface area contributed by atoms with Crippen LogP contribution in [0.25, 0.3) is 21.7 Å². The monoisotopic (exact) mass is 258 g/mol. The van der Waals surface area contributed by atoms with Gasteiger partial charge in [-0.1, -0.05) is 6.07 Å².